The fourth-order valence-electron chi connectivity index (χ4n) is 1.84. The molecule has 94 valence electrons. The third-order valence-corrected chi connectivity index (χ3v) is 4.17. The molecule has 5 heteroatoms. The first kappa shape index (κ1) is 13.1. The van der Waals surface area contributed by atoms with Crippen LogP contribution in [0.4, 0.5) is 4.39 Å². The van der Waals surface area contributed by atoms with Crippen LogP contribution in [0, 0.1) is 5.82 Å². The normalized spacial score (nSPS) is 22.4. The van der Waals surface area contributed by atoms with Gasteiger partial charge in [0.15, 0.2) is 0 Å². The van der Waals surface area contributed by atoms with Crippen molar-refractivity contribution in [2.75, 3.05) is 18.1 Å². The van der Waals surface area contributed by atoms with E-state index in [4.69, 9.17) is 22.1 Å². The van der Waals surface area contributed by atoms with Crippen molar-refractivity contribution in [3.05, 3.63) is 34.6 Å². The lowest BCUT2D eigenvalue weighted by molar-refractivity contribution is 0.0572. The van der Waals surface area contributed by atoms with Crippen molar-refractivity contribution < 1.29 is 9.13 Å². The topological polar surface area (TPSA) is 35.2 Å². The minimum absolute atomic E-state index is 0.0353. The molecule has 1 aliphatic heterocycles. The molecule has 2 unspecified atom stereocenters. The molecule has 1 aliphatic rings. The highest BCUT2D eigenvalue weighted by Crippen LogP contribution is 2.21. The van der Waals surface area contributed by atoms with E-state index < -0.39 is 0 Å². The second-order valence-electron chi connectivity index (χ2n) is 4.09. The molecule has 17 heavy (non-hydrogen) atoms. The third-order valence-electron chi connectivity index (χ3n) is 2.78. The molecule has 1 aromatic carbocycles. The molecule has 0 spiro atoms. The van der Waals surface area contributed by atoms with Gasteiger partial charge < -0.3 is 10.5 Å². The summed E-state index contributed by atoms with van der Waals surface area (Å²) in [5.41, 5.74) is 6.83. The first-order valence-corrected chi connectivity index (χ1v) is 7.09. The summed E-state index contributed by atoms with van der Waals surface area (Å²) in [6.07, 6.45) is 0.579. The summed E-state index contributed by atoms with van der Waals surface area (Å²) in [5, 5.41) is 0.560. The lowest BCUT2D eigenvalue weighted by Crippen LogP contribution is -2.42. The molecule has 0 radical (unpaired) electrons. The van der Waals surface area contributed by atoms with E-state index in [1.165, 1.54) is 12.1 Å². The van der Waals surface area contributed by atoms with E-state index in [0.717, 1.165) is 23.7 Å². The molecule has 0 aromatic heterocycles. The number of benzene rings is 1. The Labute approximate surface area is 110 Å². The molecule has 2 N–H and O–H groups in total. The molecule has 0 bridgehead atoms. The maximum Gasteiger partial charge on any atom is 0.123 e. The second-order valence-corrected chi connectivity index (χ2v) is 5.64. The van der Waals surface area contributed by atoms with E-state index >= 15 is 0 Å². The quantitative estimate of drug-likeness (QED) is 0.921. The summed E-state index contributed by atoms with van der Waals surface area (Å²) >= 11 is 7.85. The van der Waals surface area contributed by atoms with Crippen LogP contribution in [0.5, 0.6) is 0 Å². The van der Waals surface area contributed by atoms with Crippen molar-refractivity contribution in [2.24, 2.45) is 5.73 Å². The van der Waals surface area contributed by atoms with Crippen LogP contribution in [0.3, 0.4) is 0 Å². The average molecular weight is 276 g/mol. The SMILES string of the molecule is NC(Cc1cc(F)ccc1Cl)C1CSCCO1. The van der Waals surface area contributed by atoms with Gasteiger partial charge in [0.25, 0.3) is 0 Å². The Morgan fingerprint density at radius 3 is 3.12 bits per heavy atom. The number of halogens is 2. The molecule has 0 aliphatic carbocycles. The smallest absolute Gasteiger partial charge is 0.123 e. The van der Waals surface area contributed by atoms with E-state index in [1.54, 1.807) is 6.07 Å². The summed E-state index contributed by atoms with van der Waals surface area (Å²) in [6, 6.07) is 4.22. The molecule has 0 amide bonds. The molecule has 0 saturated carbocycles. The Bertz CT molecular complexity index is 385. The molecule has 2 nitrogen and oxygen atoms in total. The Morgan fingerprint density at radius 2 is 2.41 bits per heavy atom. The zero-order valence-corrected chi connectivity index (χ0v) is 10.9. The van der Waals surface area contributed by atoms with Crippen LogP contribution in [0.25, 0.3) is 0 Å². The van der Waals surface area contributed by atoms with E-state index in [-0.39, 0.29) is 18.0 Å². The third kappa shape index (κ3) is 3.58. The molecular formula is C12H15ClFNOS. The van der Waals surface area contributed by atoms with Crippen molar-refractivity contribution in [2.45, 2.75) is 18.6 Å². The molecule has 1 fully saturated rings. The van der Waals surface area contributed by atoms with Gasteiger partial charge >= 0.3 is 0 Å². The van der Waals surface area contributed by atoms with Crippen molar-refractivity contribution in [1.29, 1.82) is 0 Å². The van der Waals surface area contributed by atoms with Crippen LogP contribution < -0.4 is 5.73 Å². The molecular weight excluding hydrogens is 261 g/mol. The van der Waals surface area contributed by atoms with Crippen molar-refractivity contribution in [3.63, 3.8) is 0 Å². The number of hydrogen-bond donors (Lipinski definition) is 1. The first-order valence-electron chi connectivity index (χ1n) is 5.55. The molecule has 2 atom stereocenters. The van der Waals surface area contributed by atoms with E-state index in [0.29, 0.717) is 11.4 Å². The minimum atomic E-state index is -0.282. The predicted molar refractivity (Wildman–Crippen MR) is 70.2 cm³/mol. The van der Waals surface area contributed by atoms with Gasteiger partial charge in [0.2, 0.25) is 0 Å². The van der Waals surface area contributed by atoms with Gasteiger partial charge in [-0.25, -0.2) is 4.39 Å². The van der Waals surface area contributed by atoms with Gasteiger partial charge in [-0.05, 0) is 30.2 Å². The molecule has 1 aromatic rings. The minimum Gasteiger partial charge on any atom is -0.375 e. The standard InChI is InChI=1S/C12H15ClFNOS/c13-10-2-1-9(14)5-8(10)6-11(15)12-7-17-4-3-16-12/h1-2,5,11-12H,3-4,6-7,15H2. The number of rotatable bonds is 3. The summed E-state index contributed by atoms with van der Waals surface area (Å²) in [4.78, 5) is 0. The summed E-state index contributed by atoms with van der Waals surface area (Å²) in [7, 11) is 0. The van der Waals surface area contributed by atoms with Gasteiger partial charge in [-0.15, -0.1) is 0 Å². The zero-order chi connectivity index (χ0) is 12.3. The van der Waals surface area contributed by atoms with Crippen LogP contribution in [0.15, 0.2) is 18.2 Å². The second kappa shape index (κ2) is 6.05. The largest absolute Gasteiger partial charge is 0.375 e. The Hall–Kier alpha value is -0.290. The van der Waals surface area contributed by atoms with E-state index in [2.05, 4.69) is 0 Å². The van der Waals surface area contributed by atoms with Gasteiger partial charge in [0, 0.05) is 22.6 Å². The van der Waals surface area contributed by atoms with Gasteiger partial charge in [-0.2, -0.15) is 11.8 Å². The van der Waals surface area contributed by atoms with Gasteiger partial charge in [0.05, 0.1) is 12.7 Å². The van der Waals surface area contributed by atoms with Crippen molar-refractivity contribution in [1.82, 2.24) is 0 Å². The van der Waals surface area contributed by atoms with Crippen LogP contribution in [0.2, 0.25) is 5.02 Å². The lowest BCUT2D eigenvalue weighted by Gasteiger charge is -2.27. The molecule has 1 saturated heterocycles. The fourth-order valence-corrected chi connectivity index (χ4v) is 2.99. The first-order chi connectivity index (χ1) is 8.16. The maximum atomic E-state index is 13.1. The van der Waals surface area contributed by atoms with Crippen LogP contribution >= 0.6 is 23.4 Å². The number of ether oxygens (including phenoxy) is 1. The van der Waals surface area contributed by atoms with Crippen LogP contribution in [-0.2, 0) is 11.2 Å². The number of nitrogens with two attached hydrogens (primary N) is 1. The molecule has 1 heterocycles. The summed E-state index contributed by atoms with van der Waals surface area (Å²) in [5.74, 6) is 1.63. The Balaban J connectivity index is 2.01. The molecule has 2 rings (SSSR count). The van der Waals surface area contributed by atoms with Crippen LogP contribution in [0.1, 0.15) is 5.56 Å². The van der Waals surface area contributed by atoms with Gasteiger partial charge in [0.1, 0.15) is 5.82 Å². The maximum absolute atomic E-state index is 13.1. The zero-order valence-electron chi connectivity index (χ0n) is 9.36. The van der Waals surface area contributed by atoms with Crippen LogP contribution in [-0.4, -0.2) is 30.3 Å². The average Bonchev–Trinajstić information content (AvgIpc) is 2.35. The lowest BCUT2D eigenvalue weighted by atomic mass is 10.0. The van der Waals surface area contributed by atoms with Gasteiger partial charge in [-0.1, -0.05) is 11.6 Å². The summed E-state index contributed by atoms with van der Waals surface area (Å²) in [6.45, 7) is 0.736. The summed E-state index contributed by atoms with van der Waals surface area (Å²) < 4.78 is 18.7. The Kier molecular flexibility index (Phi) is 4.68. The monoisotopic (exact) mass is 275 g/mol. The van der Waals surface area contributed by atoms with Crippen molar-refractivity contribution >= 4 is 23.4 Å². The number of hydrogen-bond acceptors (Lipinski definition) is 3. The van der Waals surface area contributed by atoms with E-state index in [9.17, 15) is 4.39 Å². The highest BCUT2D eigenvalue weighted by molar-refractivity contribution is 7.99. The van der Waals surface area contributed by atoms with E-state index in [1.807, 2.05) is 11.8 Å². The number of thioether (sulfide) groups is 1. The fraction of sp³-hybridized carbons (Fsp3) is 0.500. The predicted octanol–water partition coefficient (Wildman–Crippen LogP) is 2.48. The van der Waals surface area contributed by atoms with Gasteiger partial charge in [-0.3, -0.25) is 0 Å². The highest BCUT2D eigenvalue weighted by atomic mass is 35.5. The van der Waals surface area contributed by atoms with Crippen molar-refractivity contribution in [3.8, 4) is 0 Å². The highest BCUT2D eigenvalue weighted by Gasteiger charge is 2.22. The Morgan fingerprint density at radius 1 is 1.59 bits per heavy atom.